The maximum Gasteiger partial charge on any atom is 0.447 e. The Morgan fingerprint density at radius 1 is 0.957 bits per heavy atom. The van der Waals surface area contributed by atoms with Gasteiger partial charge in [-0.3, -0.25) is 4.57 Å². The fourth-order valence-electron chi connectivity index (χ4n) is 1.61. The molecule has 2 aromatic rings. The van der Waals surface area contributed by atoms with Crippen LogP contribution >= 0.6 is 46.6 Å². The number of benzene rings is 1. The second-order valence-corrected chi connectivity index (χ2v) is 6.27. The highest BCUT2D eigenvalue weighted by Gasteiger charge is 2.34. The first-order valence-electron chi connectivity index (χ1n) is 5.45. The maximum atomic E-state index is 12.7. The first kappa shape index (κ1) is 18.6. The van der Waals surface area contributed by atoms with E-state index in [0.29, 0.717) is 12.1 Å². The van der Waals surface area contributed by atoms with Crippen LogP contribution in [0, 0.1) is 0 Å². The summed E-state index contributed by atoms with van der Waals surface area (Å²) < 4.78 is 75.9. The highest BCUT2D eigenvalue weighted by atomic mass is 35.5. The molecule has 1 heterocycles. The highest BCUT2D eigenvalue weighted by molar-refractivity contribution is 8.00. The molecule has 2 rings (SSSR count). The van der Waals surface area contributed by atoms with E-state index in [9.17, 15) is 26.3 Å². The highest BCUT2D eigenvalue weighted by Crippen LogP contribution is 2.42. The van der Waals surface area contributed by atoms with E-state index < -0.39 is 49.2 Å². The van der Waals surface area contributed by atoms with Crippen molar-refractivity contribution in [3.63, 3.8) is 0 Å². The van der Waals surface area contributed by atoms with Gasteiger partial charge in [-0.15, -0.1) is 0 Å². The number of hydrogen-bond donors (Lipinski definition) is 0. The second kappa shape index (κ2) is 6.27. The summed E-state index contributed by atoms with van der Waals surface area (Å²) in [7, 11) is 0. The molecule has 0 radical (unpaired) electrons. The summed E-state index contributed by atoms with van der Waals surface area (Å²) in [6.07, 6.45) is -3.79. The van der Waals surface area contributed by atoms with Crippen LogP contribution in [0.1, 0.15) is 5.56 Å². The Balaban J connectivity index is 2.52. The van der Waals surface area contributed by atoms with E-state index >= 15 is 0 Å². The minimum atomic E-state index is -4.68. The molecule has 1 aromatic heterocycles. The lowest BCUT2D eigenvalue weighted by molar-refractivity contribution is -0.137. The summed E-state index contributed by atoms with van der Waals surface area (Å²) in [4.78, 5) is 3.47. The number of thioether (sulfide) groups is 1. The third kappa shape index (κ3) is 4.20. The van der Waals surface area contributed by atoms with Crippen molar-refractivity contribution in [2.24, 2.45) is 0 Å². The van der Waals surface area contributed by atoms with Crippen molar-refractivity contribution in [3.8, 4) is 5.69 Å². The number of hydrogen-bond acceptors (Lipinski definition) is 2. The average molecular weight is 416 g/mol. The van der Waals surface area contributed by atoms with Crippen molar-refractivity contribution in [1.82, 2.24) is 9.55 Å². The van der Waals surface area contributed by atoms with Gasteiger partial charge in [0.05, 0.1) is 21.3 Å². The zero-order valence-electron chi connectivity index (χ0n) is 10.4. The van der Waals surface area contributed by atoms with Crippen molar-refractivity contribution in [3.05, 3.63) is 39.2 Å². The minimum absolute atomic E-state index is 0.201. The van der Waals surface area contributed by atoms with Crippen LogP contribution in [0.25, 0.3) is 5.69 Å². The van der Waals surface area contributed by atoms with Gasteiger partial charge in [0.15, 0.2) is 0 Å². The largest absolute Gasteiger partial charge is 0.447 e. The Morgan fingerprint density at radius 3 is 1.91 bits per heavy atom. The van der Waals surface area contributed by atoms with Gasteiger partial charge in [0.25, 0.3) is 0 Å². The lowest BCUT2D eigenvalue weighted by atomic mass is 10.2. The topological polar surface area (TPSA) is 17.8 Å². The van der Waals surface area contributed by atoms with Gasteiger partial charge in [0, 0.05) is 11.8 Å². The second-order valence-electron chi connectivity index (χ2n) is 4.04. The summed E-state index contributed by atoms with van der Waals surface area (Å²) in [6, 6.07) is 1.19. The van der Waals surface area contributed by atoms with Gasteiger partial charge in [0.2, 0.25) is 0 Å². The molecule has 0 fully saturated rings. The van der Waals surface area contributed by atoms with E-state index in [1.165, 1.54) is 0 Å². The van der Waals surface area contributed by atoms with Crippen molar-refractivity contribution >= 4 is 46.6 Å². The van der Waals surface area contributed by atoms with Gasteiger partial charge in [-0.1, -0.05) is 34.8 Å². The predicted octanol–water partition coefficient (Wildman–Crippen LogP) is 6.46. The van der Waals surface area contributed by atoms with E-state index in [4.69, 9.17) is 34.8 Å². The zero-order valence-corrected chi connectivity index (χ0v) is 13.5. The number of nitrogens with zero attached hydrogens (tertiary/aromatic N) is 2. The Bertz CT molecular complexity index is 717. The van der Waals surface area contributed by atoms with E-state index in [2.05, 4.69) is 4.98 Å². The smallest absolute Gasteiger partial charge is 0.286 e. The molecule has 0 saturated heterocycles. The van der Waals surface area contributed by atoms with Crippen molar-refractivity contribution < 1.29 is 26.3 Å². The van der Waals surface area contributed by atoms with Gasteiger partial charge < -0.3 is 0 Å². The van der Waals surface area contributed by atoms with E-state index in [-0.39, 0.29) is 5.69 Å². The van der Waals surface area contributed by atoms with Crippen molar-refractivity contribution in [2.75, 3.05) is 0 Å². The van der Waals surface area contributed by atoms with Crippen LogP contribution in [0.2, 0.25) is 15.2 Å². The minimum Gasteiger partial charge on any atom is -0.286 e. The van der Waals surface area contributed by atoms with E-state index in [1.807, 2.05) is 0 Å². The standard InChI is InChI=1S/C11H3Cl3F6N2S/c12-5-1-4(10(15,16)17)2-6(13)7(5)22-3-21-9(8(22)14)23-11(18,19)20/h1-3H. The van der Waals surface area contributed by atoms with Gasteiger partial charge in [0.1, 0.15) is 16.5 Å². The van der Waals surface area contributed by atoms with Gasteiger partial charge in [-0.05, 0) is 12.1 Å². The molecule has 0 N–H and O–H groups in total. The summed E-state index contributed by atoms with van der Waals surface area (Å²) >= 11 is 16.7. The molecule has 1 aromatic carbocycles. The third-order valence-corrected chi connectivity index (χ3v) is 4.25. The molecule has 0 saturated carbocycles. The number of rotatable bonds is 2. The average Bonchev–Trinajstić information content (AvgIpc) is 2.68. The van der Waals surface area contributed by atoms with Gasteiger partial charge >= 0.3 is 11.7 Å². The molecule has 0 bridgehead atoms. The molecule has 0 unspecified atom stereocenters. The molecule has 23 heavy (non-hydrogen) atoms. The Labute approximate surface area is 144 Å². The summed E-state index contributed by atoms with van der Waals surface area (Å²) in [5, 5.41) is -1.93. The van der Waals surface area contributed by atoms with Crippen LogP contribution in [-0.4, -0.2) is 15.1 Å². The third-order valence-electron chi connectivity index (χ3n) is 2.48. The predicted molar refractivity (Wildman–Crippen MR) is 75.5 cm³/mol. The molecule has 0 aliphatic heterocycles. The van der Waals surface area contributed by atoms with Crippen LogP contribution in [0.5, 0.6) is 0 Å². The molecule has 0 atom stereocenters. The van der Waals surface area contributed by atoms with Gasteiger partial charge in [-0.25, -0.2) is 4.98 Å². The number of halogens is 9. The normalized spacial score (nSPS) is 12.7. The van der Waals surface area contributed by atoms with Crippen LogP contribution in [-0.2, 0) is 6.18 Å². The summed E-state index contributed by atoms with van der Waals surface area (Å²) in [5.41, 5.74) is -5.93. The molecule has 0 spiro atoms. The van der Waals surface area contributed by atoms with Crippen LogP contribution in [0.4, 0.5) is 26.3 Å². The first-order chi connectivity index (χ1) is 10.4. The SMILES string of the molecule is FC(F)(F)Sc1ncn(-c2c(Cl)cc(C(F)(F)F)cc2Cl)c1Cl. The number of aromatic nitrogens is 2. The molecular formula is C11H3Cl3F6N2S. The molecule has 126 valence electrons. The summed E-state index contributed by atoms with van der Waals surface area (Å²) in [5.74, 6) is 0. The first-order valence-corrected chi connectivity index (χ1v) is 7.40. The molecule has 0 aliphatic carbocycles. The van der Waals surface area contributed by atoms with Crippen LogP contribution in [0.3, 0.4) is 0 Å². The molecule has 2 nitrogen and oxygen atoms in total. The fraction of sp³-hybridized carbons (Fsp3) is 0.182. The quantitative estimate of drug-likeness (QED) is 0.414. The summed E-state index contributed by atoms with van der Waals surface area (Å²) in [6.45, 7) is 0. The number of alkyl halides is 6. The van der Waals surface area contributed by atoms with Crippen molar-refractivity contribution in [1.29, 1.82) is 0 Å². The zero-order chi connectivity index (χ0) is 17.6. The molecule has 0 amide bonds. The monoisotopic (exact) mass is 414 g/mol. The fourth-order valence-corrected chi connectivity index (χ4v) is 3.07. The Hall–Kier alpha value is -0.770. The lowest BCUT2D eigenvalue weighted by Gasteiger charge is -2.13. The lowest BCUT2D eigenvalue weighted by Crippen LogP contribution is -2.06. The van der Waals surface area contributed by atoms with Gasteiger partial charge in [-0.2, -0.15) is 26.3 Å². The molecule has 0 aliphatic rings. The van der Waals surface area contributed by atoms with Crippen LogP contribution in [0.15, 0.2) is 23.5 Å². The number of imidazole rings is 1. The molecular weight excluding hydrogens is 413 g/mol. The van der Waals surface area contributed by atoms with E-state index in [0.717, 1.165) is 10.9 Å². The van der Waals surface area contributed by atoms with E-state index in [1.54, 1.807) is 0 Å². The molecule has 12 heteroatoms. The van der Waals surface area contributed by atoms with Crippen LogP contribution < -0.4 is 0 Å². The maximum absolute atomic E-state index is 12.7. The Kier molecular flexibility index (Phi) is 5.06. The Morgan fingerprint density at radius 2 is 1.48 bits per heavy atom. The van der Waals surface area contributed by atoms with Crippen molar-refractivity contribution in [2.45, 2.75) is 16.7 Å².